The summed E-state index contributed by atoms with van der Waals surface area (Å²) < 4.78 is 6.13. The topological polar surface area (TPSA) is 50.4 Å². The predicted molar refractivity (Wildman–Crippen MR) is 84.2 cm³/mol. The third-order valence-electron chi connectivity index (χ3n) is 3.57. The molecule has 1 aliphatic carbocycles. The van der Waals surface area contributed by atoms with Gasteiger partial charge in [-0.3, -0.25) is 4.79 Å². The van der Waals surface area contributed by atoms with Crippen molar-refractivity contribution in [3.8, 4) is 5.75 Å². The van der Waals surface area contributed by atoms with Crippen molar-refractivity contribution in [3.63, 3.8) is 0 Å². The highest BCUT2D eigenvalue weighted by Crippen LogP contribution is 2.27. The quantitative estimate of drug-likeness (QED) is 0.864. The largest absolute Gasteiger partial charge is 0.495 e. The van der Waals surface area contributed by atoms with Gasteiger partial charge in [0.15, 0.2) is 0 Å². The molecule has 0 spiro atoms. The highest BCUT2D eigenvalue weighted by atomic mass is 79.9. The van der Waals surface area contributed by atoms with Gasteiger partial charge in [0.1, 0.15) is 5.75 Å². The summed E-state index contributed by atoms with van der Waals surface area (Å²) in [6, 6.07) is 6.05. The van der Waals surface area contributed by atoms with Crippen LogP contribution in [0.15, 0.2) is 22.7 Å². The Bertz CT molecular complexity index is 459. The minimum Gasteiger partial charge on any atom is -0.495 e. The summed E-state index contributed by atoms with van der Waals surface area (Å²) in [7, 11) is 1.62. The van der Waals surface area contributed by atoms with E-state index < -0.39 is 0 Å². The molecule has 110 valence electrons. The van der Waals surface area contributed by atoms with Crippen LogP contribution in [0, 0.1) is 0 Å². The Labute approximate surface area is 128 Å². The number of rotatable bonds is 5. The van der Waals surface area contributed by atoms with Crippen LogP contribution in [0.1, 0.15) is 32.1 Å². The molecule has 5 heteroatoms. The number of amides is 1. The van der Waals surface area contributed by atoms with Gasteiger partial charge in [-0.15, -0.1) is 0 Å². The molecule has 1 aromatic carbocycles. The molecule has 0 bridgehead atoms. The first-order chi connectivity index (χ1) is 9.69. The van der Waals surface area contributed by atoms with E-state index in [0.717, 1.165) is 28.8 Å². The van der Waals surface area contributed by atoms with Gasteiger partial charge in [0.25, 0.3) is 0 Å². The minimum absolute atomic E-state index is 0.0544. The number of anilines is 1. The van der Waals surface area contributed by atoms with E-state index in [4.69, 9.17) is 4.74 Å². The van der Waals surface area contributed by atoms with Gasteiger partial charge in [0, 0.05) is 17.8 Å². The van der Waals surface area contributed by atoms with Crippen molar-refractivity contribution >= 4 is 27.5 Å². The highest BCUT2D eigenvalue weighted by Gasteiger charge is 2.15. The summed E-state index contributed by atoms with van der Waals surface area (Å²) >= 11 is 3.40. The number of carbonyl (C=O) groups is 1. The maximum Gasteiger partial charge on any atom is 0.239 e. The van der Waals surface area contributed by atoms with Crippen LogP contribution >= 0.6 is 15.9 Å². The van der Waals surface area contributed by atoms with Crippen LogP contribution in [0.2, 0.25) is 0 Å². The number of methoxy groups -OCH3 is 1. The van der Waals surface area contributed by atoms with E-state index >= 15 is 0 Å². The number of benzene rings is 1. The Kier molecular flexibility index (Phi) is 5.71. The van der Waals surface area contributed by atoms with Crippen LogP contribution in [-0.2, 0) is 4.79 Å². The molecular weight excluding hydrogens is 320 g/mol. The van der Waals surface area contributed by atoms with Crippen molar-refractivity contribution in [3.05, 3.63) is 22.7 Å². The van der Waals surface area contributed by atoms with Crippen molar-refractivity contribution in [1.82, 2.24) is 5.32 Å². The number of hydrogen-bond acceptors (Lipinski definition) is 3. The molecule has 0 aliphatic heterocycles. The van der Waals surface area contributed by atoms with E-state index in [2.05, 4.69) is 26.6 Å². The van der Waals surface area contributed by atoms with Crippen LogP contribution in [0.4, 0.5) is 5.69 Å². The first kappa shape index (κ1) is 15.2. The molecule has 1 fully saturated rings. The summed E-state index contributed by atoms with van der Waals surface area (Å²) in [6.45, 7) is 0.293. The average molecular weight is 341 g/mol. The molecule has 20 heavy (non-hydrogen) atoms. The molecule has 0 unspecified atom stereocenters. The van der Waals surface area contributed by atoms with E-state index in [1.165, 1.54) is 19.3 Å². The van der Waals surface area contributed by atoms with Crippen molar-refractivity contribution in [1.29, 1.82) is 0 Å². The van der Waals surface area contributed by atoms with Gasteiger partial charge in [-0.2, -0.15) is 0 Å². The first-order valence-electron chi connectivity index (χ1n) is 7.06. The molecule has 2 N–H and O–H groups in total. The average Bonchev–Trinajstić information content (AvgIpc) is 2.47. The second-order valence-corrected chi connectivity index (χ2v) is 5.96. The molecule has 4 nitrogen and oxygen atoms in total. The maximum absolute atomic E-state index is 11.9. The Hall–Kier alpha value is -1.23. The summed E-state index contributed by atoms with van der Waals surface area (Å²) in [5.74, 6) is 0.807. The Morgan fingerprint density at radius 3 is 2.80 bits per heavy atom. The molecule has 0 saturated heterocycles. The fourth-order valence-corrected chi connectivity index (χ4v) is 2.89. The maximum atomic E-state index is 11.9. The lowest BCUT2D eigenvalue weighted by atomic mass is 9.95. The van der Waals surface area contributed by atoms with E-state index in [1.54, 1.807) is 7.11 Å². The minimum atomic E-state index is 0.0544. The number of hydrogen-bond donors (Lipinski definition) is 2. The van der Waals surface area contributed by atoms with Gasteiger partial charge in [-0.05, 0) is 40.9 Å². The first-order valence-corrected chi connectivity index (χ1v) is 7.85. The van der Waals surface area contributed by atoms with Gasteiger partial charge >= 0.3 is 0 Å². The third-order valence-corrected chi connectivity index (χ3v) is 4.23. The number of halogens is 1. The van der Waals surface area contributed by atoms with Gasteiger partial charge in [0.05, 0.1) is 18.1 Å². The summed E-state index contributed by atoms with van der Waals surface area (Å²) in [5, 5.41) is 6.21. The van der Waals surface area contributed by atoms with E-state index in [0.29, 0.717) is 12.6 Å². The monoisotopic (exact) mass is 340 g/mol. The molecule has 0 atom stereocenters. The van der Waals surface area contributed by atoms with Gasteiger partial charge < -0.3 is 15.4 Å². The van der Waals surface area contributed by atoms with Gasteiger partial charge in [-0.1, -0.05) is 19.3 Å². The van der Waals surface area contributed by atoms with Crippen molar-refractivity contribution in [2.45, 2.75) is 38.1 Å². The molecule has 0 aromatic heterocycles. The highest BCUT2D eigenvalue weighted by molar-refractivity contribution is 9.10. The zero-order chi connectivity index (χ0) is 14.4. The van der Waals surface area contributed by atoms with Crippen LogP contribution in [0.25, 0.3) is 0 Å². The molecule has 2 rings (SSSR count). The number of ether oxygens (including phenoxy) is 1. The zero-order valence-corrected chi connectivity index (χ0v) is 13.3. The third kappa shape index (κ3) is 4.40. The van der Waals surface area contributed by atoms with E-state index in [1.807, 2.05) is 18.2 Å². The van der Waals surface area contributed by atoms with Crippen LogP contribution in [-0.4, -0.2) is 25.6 Å². The number of carbonyl (C=O) groups excluding carboxylic acids is 1. The second kappa shape index (κ2) is 7.53. The second-order valence-electron chi connectivity index (χ2n) is 5.11. The van der Waals surface area contributed by atoms with Crippen LogP contribution in [0.5, 0.6) is 5.75 Å². The Balaban J connectivity index is 1.80. The normalized spacial score (nSPS) is 15.7. The van der Waals surface area contributed by atoms with E-state index in [-0.39, 0.29) is 5.91 Å². The molecular formula is C15H21BrN2O2. The van der Waals surface area contributed by atoms with Crippen molar-refractivity contribution < 1.29 is 9.53 Å². The fraction of sp³-hybridized carbons (Fsp3) is 0.533. The van der Waals surface area contributed by atoms with Gasteiger partial charge in [0.2, 0.25) is 5.91 Å². The SMILES string of the molecule is COc1cc(NCC(=O)NC2CCCCC2)ccc1Br. The lowest BCUT2D eigenvalue weighted by Gasteiger charge is -2.22. The van der Waals surface area contributed by atoms with Crippen molar-refractivity contribution in [2.75, 3.05) is 19.0 Å². The number of nitrogens with one attached hydrogen (secondary N) is 2. The smallest absolute Gasteiger partial charge is 0.239 e. The summed E-state index contributed by atoms with van der Waals surface area (Å²) in [4.78, 5) is 11.9. The standard InChI is InChI=1S/C15H21BrN2O2/c1-20-14-9-12(7-8-13(14)16)17-10-15(19)18-11-5-3-2-4-6-11/h7-9,11,17H,2-6,10H2,1H3,(H,18,19). The Morgan fingerprint density at radius 2 is 2.10 bits per heavy atom. The molecule has 1 aromatic rings. The van der Waals surface area contributed by atoms with Crippen molar-refractivity contribution in [2.24, 2.45) is 0 Å². The molecule has 1 amide bonds. The van der Waals surface area contributed by atoms with E-state index in [9.17, 15) is 4.79 Å². The fourth-order valence-electron chi connectivity index (χ4n) is 2.48. The molecule has 0 heterocycles. The van der Waals surface area contributed by atoms with Gasteiger partial charge in [-0.25, -0.2) is 0 Å². The molecule has 1 aliphatic rings. The zero-order valence-electron chi connectivity index (χ0n) is 11.7. The predicted octanol–water partition coefficient (Wildman–Crippen LogP) is 3.32. The van der Waals surface area contributed by atoms with Crippen LogP contribution in [0.3, 0.4) is 0 Å². The lowest BCUT2D eigenvalue weighted by molar-refractivity contribution is -0.120. The lowest BCUT2D eigenvalue weighted by Crippen LogP contribution is -2.39. The summed E-state index contributed by atoms with van der Waals surface area (Å²) in [5.41, 5.74) is 0.879. The molecule has 0 radical (unpaired) electrons. The summed E-state index contributed by atoms with van der Waals surface area (Å²) in [6.07, 6.45) is 5.96. The Morgan fingerprint density at radius 1 is 1.35 bits per heavy atom. The van der Waals surface area contributed by atoms with Crippen LogP contribution < -0.4 is 15.4 Å². The molecule has 1 saturated carbocycles.